The number of aromatic amines is 1. The lowest BCUT2D eigenvalue weighted by Gasteiger charge is -2.20. The van der Waals surface area contributed by atoms with E-state index < -0.39 is 26.3 Å². The van der Waals surface area contributed by atoms with E-state index in [0.717, 1.165) is 23.8 Å². The Morgan fingerprint density at radius 1 is 0.935 bits per heavy atom. The van der Waals surface area contributed by atoms with Crippen molar-refractivity contribution in [3.8, 4) is 11.5 Å². The predicted molar refractivity (Wildman–Crippen MR) is 175 cm³/mol. The highest BCUT2D eigenvalue weighted by atomic mass is 35.5. The van der Waals surface area contributed by atoms with Crippen LogP contribution in [0.5, 0.6) is 11.5 Å². The van der Waals surface area contributed by atoms with Crippen LogP contribution in [0.3, 0.4) is 0 Å². The summed E-state index contributed by atoms with van der Waals surface area (Å²) in [6.07, 6.45) is 0.0161. The molecular formula is C31H36ClN5O8S. The van der Waals surface area contributed by atoms with E-state index in [-0.39, 0.29) is 34.1 Å². The van der Waals surface area contributed by atoms with Gasteiger partial charge in [0.25, 0.3) is 15.7 Å². The number of aromatic nitrogens is 4. The first-order valence-electron chi connectivity index (χ1n) is 13.8. The molecule has 0 fully saturated rings. The summed E-state index contributed by atoms with van der Waals surface area (Å²) in [4.78, 5) is 31.1. The molecule has 46 heavy (non-hydrogen) atoms. The van der Waals surface area contributed by atoms with Gasteiger partial charge in [-0.05, 0) is 49.0 Å². The Morgan fingerprint density at radius 2 is 1.50 bits per heavy atom. The molecule has 0 atom stereocenters. The van der Waals surface area contributed by atoms with Gasteiger partial charge in [-0.15, -0.1) is 0 Å². The number of para-hydroxylation sites is 1. The monoisotopic (exact) mass is 673 g/mol. The first-order chi connectivity index (χ1) is 21.8. The lowest BCUT2D eigenvalue weighted by Crippen LogP contribution is -2.36. The minimum Gasteiger partial charge on any atom is -0.504 e. The second kappa shape index (κ2) is 16.2. The average Bonchev–Trinajstić information content (AvgIpc) is 3.43. The predicted octanol–water partition coefficient (Wildman–Crippen LogP) is 3.62. The van der Waals surface area contributed by atoms with Crippen LogP contribution in [0.1, 0.15) is 17.2 Å². The summed E-state index contributed by atoms with van der Waals surface area (Å²) in [7, 11) is 3.89. The summed E-state index contributed by atoms with van der Waals surface area (Å²) < 4.78 is 43.1. The number of hydrogen-bond acceptors (Lipinski definition) is 9. The van der Waals surface area contributed by atoms with Gasteiger partial charge in [-0.25, -0.2) is 4.79 Å². The van der Waals surface area contributed by atoms with Gasteiger partial charge in [0.05, 0.1) is 13.7 Å². The molecule has 13 nitrogen and oxygen atoms in total. The van der Waals surface area contributed by atoms with E-state index in [1.807, 2.05) is 12.1 Å². The van der Waals surface area contributed by atoms with Crippen LogP contribution in [-0.4, -0.2) is 76.4 Å². The number of aromatic hydroxyl groups is 1. The number of aryl methyl sites for hydroxylation is 1. The molecule has 0 aliphatic rings. The number of rotatable bonds is 8. The number of hydrogen-bond donors (Lipinski definition) is 3. The summed E-state index contributed by atoms with van der Waals surface area (Å²) in [6.45, 7) is 1.65. The maximum Gasteiger partial charge on any atom is 0.332 e. The summed E-state index contributed by atoms with van der Waals surface area (Å²) in [5, 5.41) is 9.25. The normalized spacial score (nSPS) is 11.2. The van der Waals surface area contributed by atoms with Crippen molar-refractivity contribution in [2.45, 2.75) is 11.0 Å². The lowest BCUT2D eigenvalue weighted by atomic mass is 10.0. The number of imidazole rings is 1. The number of ether oxygens (including phenoxy) is 2. The number of H-pyrrole nitrogens is 1. The van der Waals surface area contributed by atoms with Crippen LogP contribution in [-0.2, 0) is 29.0 Å². The Bertz CT molecular complexity index is 1920. The van der Waals surface area contributed by atoms with Crippen LogP contribution in [0.4, 0.5) is 0 Å². The Balaban J connectivity index is 0.000000192. The lowest BCUT2D eigenvalue weighted by molar-refractivity contribution is 0.0687. The Morgan fingerprint density at radius 3 is 1.98 bits per heavy atom. The molecule has 0 aliphatic heterocycles. The molecule has 3 aromatic carbocycles. The molecule has 0 saturated carbocycles. The molecule has 0 aliphatic carbocycles. The molecule has 5 aromatic rings. The van der Waals surface area contributed by atoms with Crippen molar-refractivity contribution >= 4 is 32.9 Å². The smallest absolute Gasteiger partial charge is 0.332 e. The Labute approximate surface area is 271 Å². The number of methoxy groups -OCH3 is 1. The molecule has 0 radical (unpaired) electrons. The van der Waals surface area contributed by atoms with E-state index in [9.17, 15) is 18.0 Å². The molecule has 246 valence electrons. The highest BCUT2D eigenvalue weighted by Crippen LogP contribution is 2.32. The first kappa shape index (κ1) is 36.0. The molecule has 0 amide bonds. The van der Waals surface area contributed by atoms with E-state index in [1.165, 1.54) is 49.0 Å². The zero-order valence-corrected chi connectivity index (χ0v) is 27.5. The van der Waals surface area contributed by atoms with Crippen LogP contribution < -0.4 is 16.0 Å². The highest BCUT2D eigenvalue weighted by Gasteiger charge is 2.18. The molecule has 0 saturated heterocycles. The number of benzene rings is 3. The Hall–Kier alpha value is -4.47. The third kappa shape index (κ3) is 9.28. The highest BCUT2D eigenvalue weighted by molar-refractivity contribution is 7.86. The Kier molecular flexibility index (Phi) is 12.7. The van der Waals surface area contributed by atoms with Crippen molar-refractivity contribution in [1.29, 1.82) is 0 Å². The van der Waals surface area contributed by atoms with Gasteiger partial charge in [0.15, 0.2) is 22.7 Å². The van der Waals surface area contributed by atoms with E-state index in [0.29, 0.717) is 0 Å². The topological polar surface area (TPSA) is 169 Å². The van der Waals surface area contributed by atoms with Gasteiger partial charge in [-0.1, -0.05) is 66.7 Å². The van der Waals surface area contributed by atoms with Crippen molar-refractivity contribution in [2.75, 3.05) is 34.4 Å². The van der Waals surface area contributed by atoms with Crippen molar-refractivity contribution in [2.24, 2.45) is 14.1 Å². The number of nitrogens with one attached hydrogen (secondary N) is 1. The number of likely N-dealkylation sites (N-methyl/N-ethyl adjacent to an activating group) is 1. The van der Waals surface area contributed by atoms with E-state index in [4.69, 9.17) is 26.0 Å². The molecule has 0 unspecified atom stereocenters. The summed E-state index contributed by atoms with van der Waals surface area (Å²) in [6, 6.07) is 24.4. The van der Waals surface area contributed by atoms with Crippen LogP contribution in [0.15, 0.2) is 93.3 Å². The van der Waals surface area contributed by atoms with Gasteiger partial charge < -0.3 is 24.5 Å². The third-order valence-corrected chi connectivity index (χ3v) is 7.59. The summed E-state index contributed by atoms with van der Waals surface area (Å²) in [5.74, 6) is -0.595. The maximum absolute atomic E-state index is 11.5. The summed E-state index contributed by atoms with van der Waals surface area (Å²) >= 11 is 5.60. The van der Waals surface area contributed by atoms with Gasteiger partial charge in [0.2, 0.25) is 5.28 Å². The van der Waals surface area contributed by atoms with Crippen LogP contribution in [0, 0.1) is 0 Å². The van der Waals surface area contributed by atoms with Gasteiger partial charge in [-0.2, -0.15) is 13.4 Å². The van der Waals surface area contributed by atoms with Gasteiger partial charge >= 0.3 is 5.69 Å². The third-order valence-electron chi connectivity index (χ3n) is 6.53. The fourth-order valence-corrected chi connectivity index (χ4v) is 5.05. The van der Waals surface area contributed by atoms with Gasteiger partial charge in [0.1, 0.15) is 11.0 Å². The molecule has 15 heteroatoms. The van der Waals surface area contributed by atoms with Crippen molar-refractivity contribution in [3.05, 3.63) is 116 Å². The molecule has 0 spiro atoms. The minimum absolute atomic E-state index is 0.0161. The molecule has 5 rings (SSSR count). The average molecular weight is 674 g/mol. The zero-order chi connectivity index (χ0) is 34.0. The standard InChI is InChI=1S/C17H21NO.C7H7ClN4O2.C7H8O5S/c1-18(2)13-14-19-17(15-9-5-3-6-10-15)16-11-7-4-8-12-16;1-11-4-3(9-6(8)10-4)5(13)12(2)7(11)14;1-12-7-5(8)3-2-4-6(7)13(9,10)11/h3-12,17H,13-14H2,1-2H3;1-2H3,(H,9,10);2-4,8H,1H3,(H,9,10,11). The second-order valence-electron chi connectivity index (χ2n) is 10.1. The van der Waals surface area contributed by atoms with Crippen molar-refractivity contribution in [3.63, 3.8) is 0 Å². The van der Waals surface area contributed by atoms with Crippen LogP contribution in [0.2, 0.25) is 5.28 Å². The van der Waals surface area contributed by atoms with E-state index in [1.54, 1.807) is 0 Å². The molecule has 3 N–H and O–H groups in total. The number of halogens is 1. The zero-order valence-electron chi connectivity index (χ0n) is 25.9. The van der Waals surface area contributed by atoms with E-state index >= 15 is 0 Å². The molecule has 2 heterocycles. The SMILES string of the molecule is CN(C)CCOC(c1ccccc1)c1ccccc1.COc1c(O)cccc1S(=O)(=O)O.Cn1c(=O)c2[nH]c(Cl)nc2n(C)c1=O. The van der Waals surface area contributed by atoms with Crippen LogP contribution >= 0.6 is 11.6 Å². The minimum atomic E-state index is -4.35. The maximum atomic E-state index is 11.5. The molecule has 0 bridgehead atoms. The van der Waals surface area contributed by atoms with Crippen molar-refractivity contribution < 1.29 is 27.6 Å². The van der Waals surface area contributed by atoms with E-state index in [2.05, 4.69) is 82.2 Å². The second-order valence-corrected chi connectivity index (χ2v) is 11.8. The molecular weight excluding hydrogens is 638 g/mol. The number of phenolic OH excluding ortho intramolecular Hbond substituents is 1. The fourth-order valence-electron chi connectivity index (χ4n) is 4.20. The quantitative estimate of drug-likeness (QED) is 0.163. The number of fused-ring (bicyclic) bond motifs is 1. The van der Waals surface area contributed by atoms with Gasteiger partial charge in [-0.3, -0.25) is 18.5 Å². The van der Waals surface area contributed by atoms with Gasteiger partial charge in [0, 0.05) is 20.6 Å². The number of nitrogens with zero attached hydrogens (tertiary/aromatic N) is 4. The number of phenols is 1. The molecule has 2 aromatic heterocycles. The largest absolute Gasteiger partial charge is 0.504 e. The van der Waals surface area contributed by atoms with Crippen molar-refractivity contribution in [1.82, 2.24) is 24.0 Å². The summed E-state index contributed by atoms with van der Waals surface area (Å²) in [5.41, 5.74) is 2.05. The first-order valence-corrected chi connectivity index (χ1v) is 15.6. The fraction of sp³-hybridized carbons (Fsp3) is 0.258. The van der Waals surface area contributed by atoms with Crippen LogP contribution in [0.25, 0.3) is 11.2 Å².